The topological polar surface area (TPSA) is 96.2 Å². The standard InChI is InChI=1S/C27H21BrClF3N2O6S/c1-4-38-18-11-14(10-17(28)22(18)40-13(3)35)12-19-24(36)34-21(15-6-8-16(29)9-7-15)20(25(37)39-5-2)23(27(30,31)32)33-26(34)41-19/h6-12,21H,4-5H2,1-3H3/b19-12-/t21-/m0/s1. The van der Waals surface area contributed by atoms with Crippen LogP contribution in [0, 0.1) is 0 Å². The molecule has 3 aromatic rings. The summed E-state index contributed by atoms with van der Waals surface area (Å²) in [4.78, 5) is 41.7. The highest BCUT2D eigenvalue weighted by Crippen LogP contribution is 2.39. The molecule has 2 heterocycles. The van der Waals surface area contributed by atoms with E-state index in [2.05, 4.69) is 20.9 Å². The second-order valence-corrected chi connectivity index (χ2v) is 10.8. The molecule has 0 N–H and O–H groups in total. The molecule has 0 bridgehead atoms. The van der Waals surface area contributed by atoms with Gasteiger partial charge in [-0.05, 0) is 71.2 Å². The summed E-state index contributed by atoms with van der Waals surface area (Å²) in [5, 5.41) is 0.312. The van der Waals surface area contributed by atoms with E-state index in [0.717, 1.165) is 15.9 Å². The number of fused-ring (bicyclic) bond motifs is 1. The first-order chi connectivity index (χ1) is 19.3. The van der Waals surface area contributed by atoms with Crippen molar-refractivity contribution < 1.29 is 37.0 Å². The number of hydrogen-bond donors (Lipinski definition) is 0. The molecule has 1 aliphatic rings. The lowest BCUT2D eigenvalue weighted by atomic mass is 9.95. The van der Waals surface area contributed by atoms with Crippen LogP contribution in [-0.2, 0) is 14.3 Å². The number of halogens is 5. The fraction of sp³-hybridized carbons (Fsp3) is 0.259. The van der Waals surface area contributed by atoms with Gasteiger partial charge >= 0.3 is 18.1 Å². The van der Waals surface area contributed by atoms with E-state index >= 15 is 0 Å². The average molecular weight is 674 g/mol. The number of esters is 2. The Balaban J connectivity index is 2.00. The molecule has 216 valence electrons. The molecule has 1 aliphatic heterocycles. The van der Waals surface area contributed by atoms with E-state index in [1.54, 1.807) is 13.0 Å². The molecule has 0 spiro atoms. The highest BCUT2D eigenvalue weighted by Gasteiger charge is 2.45. The van der Waals surface area contributed by atoms with Crippen LogP contribution < -0.4 is 24.4 Å². The van der Waals surface area contributed by atoms with Crippen LogP contribution >= 0.6 is 38.9 Å². The first-order valence-electron chi connectivity index (χ1n) is 12.1. The lowest BCUT2D eigenvalue weighted by Gasteiger charge is -2.26. The molecule has 4 rings (SSSR count). The van der Waals surface area contributed by atoms with E-state index in [0.29, 0.717) is 15.1 Å². The van der Waals surface area contributed by atoms with Gasteiger partial charge in [0.15, 0.2) is 22.0 Å². The van der Waals surface area contributed by atoms with E-state index in [-0.39, 0.29) is 39.6 Å². The van der Waals surface area contributed by atoms with Crippen molar-refractivity contribution >= 4 is 56.9 Å². The molecular weight excluding hydrogens is 653 g/mol. The molecule has 0 radical (unpaired) electrons. The first kappa shape index (κ1) is 30.5. The van der Waals surface area contributed by atoms with Crippen molar-refractivity contribution in [2.45, 2.75) is 33.0 Å². The summed E-state index contributed by atoms with van der Waals surface area (Å²) in [5.74, 6) is -1.48. The van der Waals surface area contributed by atoms with Crippen molar-refractivity contribution in [3.63, 3.8) is 0 Å². The van der Waals surface area contributed by atoms with Gasteiger partial charge in [0.05, 0.1) is 33.8 Å². The highest BCUT2D eigenvalue weighted by molar-refractivity contribution is 9.10. The predicted molar refractivity (Wildman–Crippen MR) is 149 cm³/mol. The Morgan fingerprint density at radius 1 is 1.17 bits per heavy atom. The Bertz CT molecular complexity index is 1730. The number of hydrogen-bond acceptors (Lipinski definition) is 8. The van der Waals surface area contributed by atoms with Gasteiger partial charge < -0.3 is 14.2 Å². The summed E-state index contributed by atoms with van der Waals surface area (Å²) in [7, 11) is 0. The van der Waals surface area contributed by atoms with Crippen LogP contribution in [0.3, 0.4) is 0 Å². The Morgan fingerprint density at radius 2 is 1.85 bits per heavy atom. The summed E-state index contributed by atoms with van der Waals surface area (Å²) in [6, 6.07) is 7.34. The monoisotopic (exact) mass is 672 g/mol. The van der Waals surface area contributed by atoms with Crippen LogP contribution in [0.5, 0.6) is 11.5 Å². The zero-order chi connectivity index (χ0) is 30.1. The van der Waals surface area contributed by atoms with E-state index < -0.39 is 41.0 Å². The maximum atomic E-state index is 14.3. The van der Waals surface area contributed by atoms with E-state index in [9.17, 15) is 27.6 Å². The minimum atomic E-state index is -5.02. The van der Waals surface area contributed by atoms with Gasteiger partial charge in [-0.2, -0.15) is 13.2 Å². The van der Waals surface area contributed by atoms with E-state index in [1.165, 1.54) is 50.3 Å². The van der Waals surface area contributed by atoms with Crippen molar-refractivity contribution in [1.82, 2.24) is 4.57 Å². The maximum Gasteiger partial charge on any atom is 0.434 e. The quantitative estimate of drug-likeness (QED) is 0.257. The summed E-state index contributed by atoms with van der Waals surface area (Å²) in [5.41, 5.74) is -2.32. The summed E-state index contributed by atoms with van der Waals surface area (Å²) >= 11 is 10.0. The number of thiazole rings is 1. The van der Waals surface area contributed by atoms with Gasteiger partial charge in [0.25, 0.3) is 5.56 Å². The molecule has 1 atom stereocenters. The zero-order valence-electron chi connectivity index (χ0n) is 21.7. The Kier molecular flexibility index (Phi) is 9.10. The Labute approximate surface area is 248 Å². The smallest absolute Gasteiger partial charge is 0.434 e. The van der Waals surface area contributed by atoms with Crippen molar-refractivity contribution in [3.05, 3.63) is 88.0 Å². The molecule has 0 saturated heterocycles. The fourth-order valence-corrected chi connectivity index (χ4v) is 5.80. The predicted octanol–water partition coefficient (Wildman–Crippen LogP) is 5.08. The number of allylic oxidation sites excluding steroid dienone is 1. The average Bonchev–Trinajstić information content (AvgIpc) is 3.20. The second-order valence-electron chi connectivity index (χ2n) is 8.47. The highest BCUT2D eigenvalue weighted by atomic mass is 79.9. The molecule has 14 heteroatoms. The van der Waals surface area contributed by atoms with Gasteiger partial charge in [-0.25, -0.2) is 9.79 Å². The van der Waals surface area contributed by atoms with Crippen molar-refractivity contribution in [1.29, 1.82) is 0 Å². The van der Waals surface area contributed by atoms with Crippen LogP contribution in [-0.4, -0.2) is 35.9 Å². The van der Waals surface area contributed by atoms with Gasteiger partial charge in [0, 0.05) is 11.9 Å². The zero-order valence-corrected chi connectivity index (χ0v) is 24.8. The largest absolute Gasteiger partial charge is 0.490 e. The van der Waals surface area contributed by atoms with Crippen molar-refractivity contribution in [2.75, 3.05) is 13.2 Å². The van der Waals surface area contributed by atoms with Crippen LogP contribution in [0.4, 0.5) is 13.2 Å². The Hall–Kier alpha value is -3.42. The van der Waals surface area contributed by atoms with Crippen molar-refractivity contribution in [2.24, 2.45) is 4.99 Å². The van der Waals surface area contributed by atoms with Gasteiger partial charge in [-0.1, -0.05) is 35.1 Å². The second kappa shape index (κ2) is 12.2. The molecule has 0 fully saturated rings. The van der Waals surface area contributed by atoms with Crippen molar-refractivity contribution in [3.8, 4) is 11.5 Å². The lowest BCUT2D eigenvalue weighted by Crippen LogP contribution is -2.41. The number of carbonyl (C=O) groups is 2. The van der Waals surface area contributed by atoms with Crippen LogP contribution in [0.1, 0.15) is 37.9 Å². The SMILES string of the molecule is CCOC(=O)C1=C(C(F)(F)F)N=c2s/c(=C\c3cc(Br)c(OC(C)=O)c(OCC)c3)c(=O)n2[C@H]1c1ccc(Cl)cc1. The summed E-state index contributed by atoms with van der Waals surface area (Å²) in [6.45, 7) is 4.47. The first-order valence-corrected chi connectivity index (χ1v) is 14.0. The van der Waals surface area contributed by atoms with Crippen LogP contribution in [0.15, 0.2) is 61.9 Å². The summed E-state index contributed by atoms with van der Waals surface area (Å²) < 4.78 is 60.0. The number of rotatable bonds is 7. The molecule has 8 nitrogen and oxygen atoms in total. The number of benzene rings is 2. The molecular formula is C27H21BrClF3N2O6S. The minimum Gasteiger partial charge on any atom is -0.490 e. The third-order valence-electron chi connectivity index (χ3n) is 5.66. The Morgan fingerprint density at radius 3 is 2.44 bits per heavy atom. The minimum absolute atomic E-state index is 0.0314. The number of carbonyl (C=O) groups excluding carboxylic acids is 2. The maximum absolute atomic E-state index is 14.3. The number of ether oxygens (including phenoxy) is 3. The number of aromatic nitrogens is 1. The summed E-state index contributed by atoms with van der Waals surface area (Å²) in [6.07, 6.45) is -3.58. The normalized spacial score (nSPS) is 15.3. The fourth-order valence-electron chi connectivity index (χ4n) is 4.13. The molecule has 0 amide bonds. The molecule has 2 aromatic carbocycles. The molecule has 0 unspecified atom stereocenters. The number of alkyl halides is 3. The third-order valence-corrected chi connectivity index (χ3v) is 7.48. The van der Waals surface area contributed by atoms with Gasteiger partial charge in [0.2, 0.25) is 0 Å². The van der Waals surface area contributed by atoms with Crippen LogP contribution in [0.2, 0.25) is 5.02 Å². The van der Waals surface area contributed by atoms with E-state index in [1.807, 2.05) is 0 Å². The molecule has 41 heavy (non-hydrogen) atoms. The molecule has 0 aliphatic carbocycles. The number of nitrogens with zero attached hydrogens (tertiary/aromatic N) is 2. The van der Waals surface area contributed by atoms with Crippen LogP contribution in [0.25, 0.3) is 6.08 Å². The molecule has 1 aromatic heterocycles. The lowest BCUT2D eigenvalue weighted by molar-refractivity contribution is -0.140. The van der Waals surface area contributed by atoms with Gasteiger partial charge in [0.1, 0.15) is 0 Å². The molecule has 0 saturated carbocycles. The van der Waals surface area contributed by atoms with E-state index in [4.69, 9.17) is 25.8 Å². The third kappa shape index (κ3) is 6.41. The van der Waals surface area contributed by atoms with Gasteiger partial charge in [-0.3, -0.25) is 14.2 Å². The van der Waals surface area contributed by atoms with Gasteiger partial charge in [-0.15, -0.1) is 0 Å².